The van der Waals surface area contributed by atoms with Crippen molar-refractivity contribution >= 4 is 23.2 Å². The zero-order valence-corrected chi connectivity index (χ0v) is 12.1. The summed E-state index contributed by atoms with van der Waals surface area (Å²) in [6, 6.07) is 0. The summed E-state index contributed by atoms with van der Waals surface area (Å²) in [7, 11) is 0. The Bertz CT molecular complexity index is 547. The second-order valence-electron chi connectivity index (χ2n) is 5.21. The molecule has 2 unspecified atom stereocenters. The van der Waals surface area contributed by atoms with Crippen molar-refractivity contribution < 1.29 is 24.2 Å². The maximum absolute atomic E-state index is 12.2. The first-order chi connectivity index (χ1) is 10.1. The van der Waals surface area contributed by atoms with Gasteiger partial charge in [0, 0.05) is 19.6 Å². The highest BCUT2D eigenvalue weighted by molar-refractivity contribution is 7.13. The Morgan fingerprint density at radius 1 is 1.48 bits per heavy atom. The quantitative estimate of drug-likeness (QED) is 0.859. The molecule has 7 nitrogen and oxygen atoms in total. The van der Waals surface area contributed by atoms with Gasteiger partial charge in [-0.2, -0.15) is 0 Å². The van der Waals surface area contributed by atoms with Crippen LogP contribution < -0.4 is 5.32 Å². The summed E-state index contributed by atoms with van der Waals surface area (Å²) in [6.07, 6.45) is 3.60. The molecule has 0 radical (unpaired) electrons. The Hall–Kier alpha value is -1.51. The van der Waals surface area contributed by atoms with Gasteiger partial charge in [-0.15, -0.1) is 11.3 Å². The van der Waals surface area contributed by atoms with Gasteiger partial charge in [-0.1, -0.05) is 0 Å². The third-order valence-corrected chi connectivity index (χ3v) is 4.82. The minimum Gasteiger partial charge on any atom is -0.479 e. The third kappa shape index (κ3) is 2.78. The number of nitrogens with zero attached hydrogens (tertiary/aromatic N) is 1. The molecular weight excluding hydrogens is 296 g/mol. The first-order valence-electron chi connectivity index (χ1n) is 6.82. The van der Waals surface area contributed by atoms with E-state index >= 15 is 0 Å². The van der Waals surface area contributed by atoms with Crippen molar-refractivity contribution in [2.24, 2.45) is 0 Å². The second kappa shape index (κ2) is 5.70. The molecule has 2 N–H and O–H groups in total. The van der Waals surface area contributed by atoms with E-state index in [1.54, 1.807) is 0 Å². The molecule has 0 aromatic carbocycles. The standard InChI is InChI=1S/C13H16N2O5S/c16-10(15-13(12(17)18)3-5-19-7-13)9-6-14-11(21-9)8-2-1-4-20-8/h6,8H,1-5,7H2,(H,15,16)(H,17,18). The number of hydrogen-bond acceptors (Lipinski definition) is 6. The topological polar surface area (TPSA) is 97.8 Å². The molecule has 2 saturated heterocycles. The van der Waals surface area contributed by atoms with E-state index in [0.717, 1.165) is 17.8 Å². The molecule has 2 fully saturated rings. The van der Waals surface area contributed by atoms with Crippen LogP contribution in [0.1, 0.15) is 40.0 Å². The number of nitrogens with one attached hydrogen (secondary N) is 1. The van der Waals surface area contributed by atoms with Gasteiger partial charge in [0.15, 0.2) is 5.54 Å². The molecule has 0 bridgehead atoms. The largest absolute Gasteiger partial charge is 0.479 e. The van der Waals surface area contributed by atoms with Crippen molar-refractivity contribution in [3.8, 4) is 0 Å². The summed E-state index contributed by atoms with van der Waals surface area (Å²) in [4.78, 5) is 28.2. The van der Waals surface area contributed by atoms with E-state index in [2.05, 4.69) is 10.3 Å². The van der Waals surface area contributed by atoms with Gasteiger partial charge in [0.2, 0.25) is 0 Å². The van der Waals surface area contributed by atoms with Crippen LogP contribution in [0.15, 0.2) is 6.20 Å². The van der Waals surface area contributed by atoms with Crippen molar-refractivity contribution in [2.45, 2.75) is 30.9 Å². The van der Waals surface area contributed by atoms with Crippen LogP contribution in [0.2, 0.25) is 0 Å². The van der Waals surface area contributed by atoms with Crippen LogP contribution in [0, 0.1) is 0 Å². The van der Waals surface area contributed by atoms with Crippen molar-refractivity contribution in [2.75, 3.05) is 19.8 Å². The lowest BCUT2D eigenvalue weighted by molar-refractivity contribution is -0.144. The fraction of sp³-hybridized carbons (Fsp3) is 0.615. The molecule has 8 heteroatoms. The molecule has 3 heterocycles. The smallest absolute Gasteiger partial charge is 0.331 e. The summed E-state index contributed by atoms with van der Waals surface area (Å²) in [5.74, 6) is -1.50. The highest BCUT2D eigenvalue weighted by Gasteiger charge is 2.44. The number of aliphatic carboxylic acids is 1. The molecular formula is C13H16N2O5S. The summed E-state index contributed by atoms with van der Waals surface area (Å²) in [5, 5.41) is 12.7. The number of ether oxygens (including phenoxy) is 2. The average Bonchev–Trinajstić information content (AvgIpc) is 3.20. The number of thiazole rings is 1. The van der Waals surface area contributed by atoms with Crippen LogP contribution in [-0.2, 0) is 14.3 Å². The van der Waals surface area contributed by atoms with Gasteiger partial charge in [-0.25, -0.2) is 9.78 Å². The van der Waals surface area contributed by atoms with Crippen molar-refractivity contribution in [1.29, 1.82) is 0 Å². The second-order valence-corrected chi connectivity index (χ2v) is 6.27. The number of carbonyl (C=O) groups is 2. The fourth-order valence-electron chi connectivity index (χ4n) is 2.48. The molecule has 2 atom stereocenters. The third-order valence-electron chi connectivity index (χ3n) is 3.74. The lowest BCUT2D eigenvalue weighted by atomic mass is 9.99. The predicted octanol–water partition coefficient (Wildman–Crippen LogP) is 0.968. The molecule has 21 heavy (non-hydrogen) atoms. The monoisotopic (exact) mass is 312 g/mol. The minimum atomic E-state index is -1.33. The zero-order chi connectivity index (χ0) is 14.9. The Morgan fingerprint density at radius 2 is 2.33 bits per heavy atom. The van der Waals surface area contributed by atoms with E-state index in [4.69, 9.17) is 9.47 Å². The lowest BCUT2D eigenvalue weighted by Gasteiger charge is -2.23. The van der Waals surface area contributed by atoms with E-state index in [1.165, 1.54) is 17.5 Å². The normalized spacial score (nSPS) is 28.7. The van der Waals surface area contributed by atoms with E-state index < -0.39 is 17.4 Å². The molecule has 1 aromatic heterocycles. The molecule has 2 aliphatic rings. The summed E-state index contributed by atoms with van der Waals surface area (Å²) in [6.45, 7) is 1.03. The number of carboxylic acids is 1. The highest BCUT2D eigenvalue weighted by atomic mass is 32.1. The van der Waals surface area contributed by atoms with Crippen molar-refractivity contribution in [3.05, 3.63) is 16.1 Å². The van der Waals surface area contributed by atoms with Crippen LogP contribution in [0.5, 0.6) is 0 Å². The Balaban J connectivity index is 1.71. The molecule has 0 aliphatic carbocycles. The van der Waals surface area contributed by atoms with Crippen LogP contribution in [0.3, 0.4) is 0 Å². The van der Waals surface area contributed by atoms with E-state index in [0.29, 0.717) is 18.1 Å². The predicted molar refractivity (Wildman–Crippen MR) is 73.3 cm³/mol. The van der Waals surface area contributed by atoms with Crippen LogP contribution in [0.25, 0.3) is 0 Å². The van der Waals surface area contributed by atoms with Crippen LogP contribution >= 0.6 is 11.3 Å². The highest BCUT2D eigenvalue weighted by Crippen LogP contribution is 2.31. The number of carboxylic acid groups (broad SMARTS) is 1. The molecule has 2 aliphatic heterocycles. The molecule has 1 amide bonds. The minimum absolute atomic E-state index is 0.00846. The van der Waals surface area contributed by atoms with E-state index in [1.807, 2.05) is 0 Å². The van der Waals surface area contributed by atoms with Crippen LogP contribution in [0.4, 0.5) is 0 Å². The number of amides is 1. The average molecular weight is 312 g/mol. The molecule has 3 rings (SSSR count). The van der Waals surface area contributed by atoms with E-state index in [9.17, 15) is 14.7 Å². The Kier molecular flexibility index (Phi) is 3.92. The summed E-state index contributed by atoms with van der Waals surface area (Å²) < 4.78 is 10.6. The molecule has 114 valence electrons. The van der Waals surface area contributed by atoms with Crippen molar-refractivity contribution in [1.82, 2.24) is 10.3 Å². The van der Waals surface area contributed by atoms with Gasteiger partial charge >= 0.3 is 5.97 Å². The van der Waals surface area contributed by atoms with Gasteiger partial charge in [0.1, 0.15) is 16.0 Å². The first-order valence-corrected chi connectivity index (χ1v) is 7.63. The number of hydrogen-bond donors (Lipinski definition) is 2. The maximum atomic E-state index is 12.2. The summed E-state index contributed by atoms with van der Waals surface area (Å²) >= 11 is 1.25. The van der Waals surface area contributed by atoms with Gasteiger partial charge < -0.3 is 19.9 Å². The van der Waals surface area contributed by atoms with Gasteiger partial charge in [-0.05, 0) is 12.8 Å². The van der Waals surface area contributed by atoms with Gasteiger partial charge in [-0.3, -0.25) is 4.79 Å². The Morgan fingerprint density at radius 3 is 2.95 bits per heavy atom. The van der Waals surface area contributed by atoms with Gasteiger partial charge in [0.25, 0.3) is 5.91 Å². The molecule has 1 aromatic rings. The van der Waals surface area contributed by atoms with E-state index in [-0.39, 0.29) is 19.1 Å². The zero-order valence-electron chi connectivity index (χ0n) is 11.3. The number of aromatic nitrogens is 1. The SMILES string of the molecule is O=C(NC1(C(=O)O)CCOC1)c1cnc(C2CCCO2)s1. The fourth-order valence-corrected chi connectivity index (χ4v) is 3.38. The molecule has 0 saturated carbocycles. The van der Waals surface area contributed by atoms with Crippen molar-refractivity contribution in [3.63, 3.8) is 0 Å². The number of rotatable bonds is 4. The lowest BCUT2D eigenvalue weighted by Crippen LogP contribution is -2.55. The van der Waals surface area contributed by atoms with Crippen LogP contribution in [-0.4, -0.2) is 47.3 Å². The summed E-state index contributed by atoms with van der Waals surface area (Å²) in [5.41, 5.74) is -1.33. The maximum Gasteiger partial charge on any atom is 0.331 e. The first kappa shape index (κ1) is 14.4. The van der Waals surface area contributed by atoms with Gasteiger partial charge in [0.05, 0.1) is 12.8 Å². The molecule has 0 spiro atoms. The number of carbonyl (C=O) groups excluding carboxylic acids is 1. The Labute approximate surface area is 125 Å².